The van der Waals surface area contributed by atoms with Crippen molar-refractivity contribution in [1.82, 2.24) is 9.97 Å². The second-order valence-electron chi connectivity index (χ2n) is 6.86. The molecule has 0 saturated heterocycles. The van der Waals surface area contributed by atoms with Gasteiger partial charge in [-0.05, 0) is 37.6 Å². The largest absolute Gasteiger partial charge is 0.350 e. The monoisotopic (exact) mass is 375 g/mol. The van der Waals surface area contributed by atoms with Crippen LogP contribution in [-0.4, -0.2) is 21.9 Å². The number of aromatic nitrogens is 2. The molecule has 1 heterocycles. The summed E-state index contributed by atoms with van der Waals surface area (Å²) in [5.74, 6) is 1.45. The van der Waals surface area contributed by atoms with Crippen LogP contribution in [0.15, 0.2) is 67.0 Å². The lowest BCUT2D eigenvalue weighted by molar-refractivity contribution is -0.114. The third-order valence-electron chi connectivity index (χ3n) is 4.22. The van der Waals surface area contributed by atoms with Gasteiger partial charge >= 0.3 is 0 Å². The first-order valence-electron chi connectivity index (χ1n) is 9.28. The maximum absolute atomic E-state index is 11.3. The van der Waals surface area contributed by atoms with Crippen molar-refractivity contribution in [3.8, 4) is 0 Å². The van der Waals surface area contributed by atoms with Crippen LogP contribution in [0.3, 0.4) is 0 Å². The van der Waals surface area contributed by atoms with E-state index in [1.807, 2.05) is 48.5 Å². The van der Waals surface area contributed by atoms with Crippen molar-refractivity contribution in [3.63, 3.8) is 0 Å². The molecule has 0 atom stereocenters. The molecule has 6 heteroatoms. The number of carbonyl (C=O) groups is 1. The highest BCUT2D eigenvalue weighted by Crippen LogP contribution is 2.23. The van der Waals surface area contributed by atoms with Gasteiger partial charge in [-0.3, -0.25) is 4.79 Å². The third-order valence-corrected chi connectivity index (χ3v) is 4.22. The molecule has 0 aliphatic carbocycles. The molecule has 2 aromatic carbocycles. The van der Waals surface area contributed by atoms with Gasteiger partial charge in [0.05, 0.1) is 0 Å². The average molecular weight is 375 g/mol. The smallest absolute Gasteiger partial charge is 0.221 e. The Bertz CT molecular complexity index is 927. The standard InChI is InChI=1S/C22H25N5O/c1-16(2)27(14-18-8-5-4-6-9-18)22-13-21(23-15-24-22)26-20-11-7-10-19(12-20)25-17(3)28/h4-13,15-16H,14H2,1-3H3,(H,25,28)(H,23,24,26). The quantitative estimate of drug-likeness (QED) is 0.632. The number of carbonyl (C=O) groups excluding carboxylic acids is 1. The van der Waals surface area contributed by atoms with Gasteiger partial charge in [0.25, 0.3) is 0 Å². The highest BCUT2D eigenvalue weighted by atomic mass is 16.1. The summed E-state index contributed by atoms with van der Waals surface area (Å²) in [5, 5.41) is 6.07. The van der Waals surface area contributed by atoms with Crippen molar-refractivity contribution in [2.45, 2.75) is 33.4 Å². The van der Waals surface area contributed by atoms with Gasteiger partial charge in [0.1, 0.15) is 18.0 Å². The molecule has 3 rings (SSSR count). The Morgan fingerprint density at radius 1 is 1.00 bits per heavy atom. The first kappa shape index (κ1) is 19.4. The molecular formula is C22H25N5O. The summed E-state index contributed by atoms with van der Waals surface area (Å²) in [5.41, 5.74) is 2.81. The molecule has 0 spiro atoms. The van der Waals surface area contributed by atoms with Gasteiger partial charge in [-0.25, -0.2) is 9.97 Å². The van der Waals surface area contributed by atoms with Crippen LogP contribution < -0.4 is 15.5 Å². The summed E-state index contributed by atoms with van der Waals surface area (Å²) in [7, 11) is 0. The van der Waals surface area contributed by atoms with E-state index in [1.165, 1.54) is 12.5 Å². The van der Waals surface area contributed by atoms with E-state index in [1.54, 1.807) is 6.33 Å². The zero-order valence-electron chi connectivity index (χ0n) is 16.4. The minimum absolute atomic E-state index is 0.102. The lowest BCUT2D eigenvalue weighted by Gasteiger charge is -2.28. The Labute approximate surface area is 165 Å². The van der Waals surface area contributed by atoms with Crippen molar-refractivity contribution in [3.05, 3.63) is 72.6 Å². The lowest BCUT2D eigenvalue weighted by Crippen LogP contribution is -2.31. The van der Waals surface area contributed by atoms with E-state index >= 15 is 0 Å². The predicted octanol–water partition coefficient (Wildman–Crippen LogP) is 4.59. The van der Waals surface area contributed by atoms with Gasteiger partial charge in [0.2, 0.25) is 5.91 Å². The summed E-state index contributed by atoms with van der Waals surface area (Å²) >= 11 is 0. The SMILES string of the molecule is CC(=O)Nc1cccc(Nc2cc(N(Cc3ccccc3)C(C)C)ncn2)c1. The minimum atomic E-state index is -0.102. The number of rotatable bonds is 7. The fraction of sp³-hybridized carbons (Fsp3) is 0.227. The Morgan fingerprint density at radius 3 is 2.46 bits per heavy atom. The number of nitrogens with zero attached hydrogens (tertiary/aromatic N) is 3. The average Bonchev–Trinajstić information content (AvgIpc) is 2.67. The molecule has 144 valence electrons. The van der Waals surface area contributed by atoms with E-state index in [0.29, 0.717) is 5.82 Å². The number of benzene rings is 2. The van der Waals surface area contributed by atoms with E-state index < -0.39 is 0 Å². The summed E-state index contributed by atoms with van der Waals surface area (Å²) in [6.07, 6.45) is 1.57. The molecule has 0 fully saturated rings. The van der Waals surface area contributed by atoms with Crippen molar-refractivity contribution >= 4 is 28.9 Å². The van der Waals surface area contributed by atoms with Crippen LogP contribution in [0.2, 0.25) is 0 Å². The minimum Gasteiger partial charge on any atom is -0.350 e. The fourth-order valence-electron chi connectivity index (χ4n) is 2.91. The highest BCUT2D eigenvalue weighted by Gasteiger charge is 2.13. The van der Waals surface area contributed by atoms with E-state index in [4.69, 9.17) is 0 Å². The van der Waals surface area contributed by atoms with Gasteiger partial charge in [0.15, 0.2) is 0 Å². The maximum atomic E-state index is 11.3. The molecular weight excluding hydrogens is 350 g/mol. The molecule has 0 bridgehead atoms. The van der Waals surface area contributed by atoms with E-state index in [2.05, 4.69) is 51.5 Å². The molecule has 1 aromatic heterocycles. The molecule has 0 aliphatic heterocycles. The number of amides is 1. The Morgan fingerprint density at radius 2 is 1.75 bits per heavy atom. The van der Waals surface area contributed by atoms with Crippen molar-refractivity contribution < 1.29 is 4.79 Å². The normalized spacial score (nSPS) is 10.6. The van der Waals surface area contributed by atoms with Crippen LogP contribution >= 0.6 is 0 Å². The van der Waals surface area contributed by atoms with Crippen LogP contribution in [0.5, 0.6) is 0 Å². The van der Waals surface area contributed by atoms with Gasteiger partial charge in [-0.1, -0.05) is 36.4 Å². The number of anilines is 4. The molecule has 0 aliphatic rings. The van der Waals surface area contributed by atoms with E-state index in [-0.39, 0.29) is 11.9 Å². The Hall–Kier alpha value is -3.41. The zero-order chi connectivity index (χ0) is 19.9. The van der Waals surface area contributed by atoms with Crippen LogP contribution in [0.1, 0.15) is 26.3 Å². The molecule has 0 saturated carbocycles. The number of hydrogen-bond acceptors (Lipinski definition) is 5. The summed E-state index contributed by atoms with van der Waals surface area (Å²) in [6, 6.07) is 20.1. The molecule has 2 N–H and O–H groups in total. The van der Waals surface area contributed by atoms with Gasteiger partial charge in [-0.2, -0.15) is 0 Å². The molecule has 0 radical (unpaired) electrons. The predicted molar refractivity (Wildman–Crippen MR) is 114 cm³/mol. The lowest BCUT2D eigenvalue weighted by atomic mass is 10.2. The molecule has 6 nitrogen and oxygen atoms in total. The van der Waals surface area contributed by atoms with Gasteiger partial charge in [0, 0.05) is 37.0 Å². The molecule has 28 heavy (non-hydrogen) atoms. The summed E-state index contributed by atoms with van der Waals surface area (Å²) in [4.78, 5) is 22.3. The van der Waals surface area contributed by atoms with Crippen LogP contribution in [0.4, 0.5) is 23.0 Å². The first-order valence-corrected chi connectivity index (χ1v) is 9.28. The fourth-order valence-corrected chi connectivity index (χ4v) is 2.91. The van der Waals surface area contributed by atoms with E-state index in [9.17, 15) is 4.79 Å². The second kappa shape index (κ2) is 8.99. The highest BCUT2D eigenvalue weighted by molar-refractivity contribution is 5.89. The molecule has 3 aromatic rings. The topological polar surface area (TPSA) is 70.2 Å². The Balaban J connectivity index is 1.79. The Kier molecular flexibility index (Phi) is 6.22. The van der Waals surface area contributed by atoms with Gasteiger partial charge < -0.3 is 15.5 Å². The van der Waals surface area contributed by atoms with Gasteiger partial charge in [-0.15, -0.1) is 0 Å². The van der Waals surface area contributed by atoms with Crippen LogP contribution in [-0.2, 0) is 11.3 Å². The van der Waals surface area contributed by atoms with Crippen molar-refractivity contribution in [1.29, 1.82) is 0 Å². The third kappa shape index (κ3) is 5.30. The molecule has 0 unspecified atom stereocenters. The van der Waals surface area contributed by atoms with Crippen LogP contribution in [0.25, 0.3) is 0 Å². The van der Waals surface area contributed by atoms with Crippen molar-refractivity contribution in [2.24, 2.45) is 0 Å². The number of hydrogen-bond donors (Lipinski definition) is 2. The summed E-state index contributed by atoms with van der Waals surface area (Å²) in [6.45, 7) is 6.56. The van der Waals surface area contributed by atoms with E-state index in [0.717, 1.165) is 23.7 Å². The number of nitrogens with one attached hydrogen (secondary N) is 2. The van der Waals surface area contributed by atoms with Crippen LogP contribution in [0, 0.1) is 0 Å². The van der Waals surface area contributed by atoms with Crippen molar-refractivity contribution in [2.75, 3.05) is 15.5 Å². The first-order chi connectivity index (χ1) is 13.5. The zero-order valence-corrected chi connectivity index (χ0v) is 16.4. The molecule has 1 amide bonds. The second-order valence-corrected chi connectivity index (χ2v) is 6.86. The summed E-state index contributed by atoms with van der Waals surface area (Å²) < 4.78 is 0. The maximum Gasteiger partial charge on any atom is 0.221 e.